The van der Waals surface area contributed by atoms with Crippen molar-refractivity contribution in [1.29, 1.82) is 0 Å². The lowest BCUT2D eigenvalue weighted by Gasteiger charge is -2.37. The van der Waals surface area contributed by atoms with Crippen LogP contribution in [0.5, 0.6) is 0 Å². The fraction of sp³-hybridized carbons (Fsp3) is 0.967. The molecule has 36 heavy (non-hydrogen) atoms. The normalized spacial score (nSPS) is 18.7. The Balaban J connectivity index is 2.18. The molecule has 1 saturated heterocycles. The monoisotopic (exact) mass is 512 g/mol. The van der Waals surface area contributed by atoms with E-state index in [1.165, 1.54) is 64.2 Å². The highest BCUT2D eigenvalue weighted by Crippen LogP contribution is 2.13. The molecule has 0 radical (unpaired) electrons. The van der Waals surface area contributed by atoms with Gasteiger partial charge in [0.05, 0.1) is 0 Å². The van der Waals surface area contributed by atoms with Crippen LogP contribution in [-0.2, 0) is 19.0 Å². The van der Waals surface area contributed by atoms with E-state index in [0.717, 1.165) is 65.0 Å². The maximum absolute atomic E-state index is 12.2. The summed E-state index contributed by atoms with van der Waals surface area (Å²) in [5, 5.41) is 3.49. The van der Waals surface area contributed by atoms with E-state index in [1.807, 2.05) is 0 Å². The number of ether oxygens (including phenoxy) is 3. The first-order valence-corrected chi connectivity index (χ1v) is 15.4. The van der Waals surface area contributed by atoms with Gasteiger partial charge in [0.15, 0.2) is 6.29 Å². The van der Waals surface area contributed by atoms with Crippen molar-refractivity contribution < 1.29 is 19.0 Å². The topological polar surface area (TPSA) is 60.0 Å². The Bertz CT molecular complexity index is 487. The van der Waals surface area contributed by atoms with E-state index in [2.05, 4.69) is 37.9 Å². The van der Waals surface area contributed by atoms with E-state index in [0.29, 0.717) is 25.1 Å². The number of hydrogen-bond acceptors (Lipinski definition) is 6. The van der Waals surface area contributed by atoms with Crippen molar-refractivity contribution in [3.05, 3.63) is 0 Å². The molecular formula is C30H60N2O4. The SMILES string of the molecule is CCCCCCCCOC(CCCCC(=O)OCCN1CC(C)NCC1C)OCCCCCCCC. The Morgan fingerprint density at radius 3 is 2.00 bits per heavy atom. The number of nitrogens with zero attached hydrogens (tertiary/aromatic N) is 1. The van der Waals surface area contributed by atoms with Gasteiger partial charge in [-0.25, -0.2) is 0 Å². The zero-order chi connectivity index (χ0) is 26.3. The molecule has 0 bridgehead atoms. The first-order valence-electron chi connectivity index (χ1n) is 15.4. The van der Waals surface area contributed by atoms with E-state index in [-0.39, 0.29) is 12.3 Å². The van der Waals surface area contributed by atoms with Crippen molar-refractivity contribution in [2.24, 2.45) is 0 Å². The lowest BCUT2D eigenvalue weighted by atomic mass is 10.1. The lowest BCUT2D eigenvalue weighted by Crippen LogP contribution is -2.55. The average Bonchev–Trinajstić information content (AvgIpc) is 2.87. The maximum atomic E-state index is 12.2. The van der Waals surface area contributed by atoms with Gasteiger partial charge in [0.2, 0.25) is 0 Å². The van der Waals surface area contributed by atoms with Gasteiger partial charge in [-0.2, -0.15) is 0 Å². The third-order valence-corrected chi connectivity index (χ3v) is 7.21. The number of nitrogens with one attached hydrogen (secondary N) is 1. The minimum Gasteiger partial charge on any atom is -0.464 e. The molecule has 1 aliphatic heterocycles. The molecular weight excluding hydrogens is 452 g/mol. The molecule has 6 heteroatoms. The molecule has 1 rings (SSSR count). The number of carbonyl (C=O) groups excluding carboxylic acids is 1. The minimum atomic E-state index is -0.136. The minimum absolute atomic E-state index is 0.0802. The second-order valence-corrected chi connectivity index (χ2v) is 10.8. The molecule has 0 aromatic rings. The van der Waals surface area contributed by atoms with Crippen LogP contribution in [0.25, 0.3) is 0 Å². The highest BCUT2D eigenvalue weighted by molar-refractivity contribution is 5.69. The summed E-state index contributed by atoms with van der Waals surface area (Å²) in [6, 6.07) is 0.987. The summed E-state index contributed by atoms with van der Waals surface area (Å²) < 4.78 is 17.7. The second-order valence-electron chi connectivity index (χ2n) is 10.8. The number of esters is 1. The third kappa shape index (κ3) is 18.5. The van der Waals surface area contributed by atoms with E-state index >= 15 is 0 Å². The molecule has 2 unspecified atom stereocenters. The Morgan fingerprint density at radius 1 is 0.806 bits per heavy atom. The predicted molar refractivity (Wildman–Crippen MR) is 150 cm³/mol. The molecule has 6 nitrogen and oxygen atoms in total. The molecule has 0 aromatic carbocycles. The van der Waals surface area contributed by atoms with Gasteiger partial charge in [0.1, 0.15) is 6.61 Å². The smallest absolute Gasteiger partial charge is 0.305 e. The predicted octanol–water partition coefficient (Wildman–Crippen LogP) is 6.85. The van der Waals surface area contributed by atoms with E-state index in [4.69, 9.17) is 14.2 Å². The highest BCUT2D eigenvalue weighted by atomic mass is 16.7. The van der Waals surface area contributed by atoms with Crippen LogP contribution in [0.2, 0.25) is 0 Å². The summed E-state index contributed by atoms with van der Waals surface area (Å²) in [6.45, 7) is 13.8. The molecule has 0 saturated carbocycles. The summed E-state index contributed by atoms with van der Waals surface area (Å²) in [7, 11) is 0. The quantitative estimate of drug-likeness (QED) is 0.0867. The lowest BCUT2D eigenvalue weighted by molar-refractivity contribution is -0.150. The van der Waals surface area contributed by atoms with Gasteiger partial charge in [-0.3, -0.25) is 9.69 Å². The number of carbonyl (C=O) groups is 1. The molecule has 214 valence electrons. The van der Waals surface area contributed by atoms with Crippen molar-refractivity contribution in [2.45, 2.75) is 149 Å². The number of piperazine rings is 1. The Labute approximate surface area is 223 Å². The summed E-state index contributed by atoms with van der Waals surface area (Å²) >= 11 is 0. The highest BCUT2D eigenvalue weighted by Gasteiger charge is 2.22. The Morgan fingerprint density at radius 2 is 1.39 bits per heavy atom. The van der Waals surface area contributed by atoms with Gasteiger partial charge in [-0.15, -0.1) is 0 Å². The van der Waals surface area contributed by atoms with Crippen LogP contribution in [-0.4, -0.2) is 68.7 Å². The number of unbranched alkanes of at least 4 members (excludes halogenated alkanes) is 11. The Kier molecular flexibility index (Phi) is 21.7. The summed E-state index contributed by atoms with van der Waals surface area (Å²) in [5.74, 6) is -0.0802. The first-order chi connectivity index (χ1) is 17.6. The largest absolute Gasteiger partial charge is 0.464 e. The van der Waals surface area contributed by atoms with Crippen LogP contribution in [0, 0.1) is 0 Å². The molecule has 1 N–H and O–H groups in total. The molecule has 0 spiro atoms. The molecule has 0 aliphatic carbocycles. The fourth-order valence-corrected chi connectivity index (χ4v) is 4.75. The van der Waals surface area contributed by atoms with Crippen LogP contribution in [0.3, 0.4) is 0 Å². The van der Waals surface area contributed by atoms with Gasteiger partial charge in [-0.1, -0.05) is 78.1 Å². The van der Waals surface area contributed by atoms with Gasteiger partial charge in [0, 0.05) is 51.4 Å². The third-order valence-electron chi connectivity index (χ3n) is 7.21. The van der Waals surface area contributed by atoms with Crippen LogP contribution in [0.15, 0.2) is 0 Å². The van der Waals surface area contributed by atoms with Crippen molar-refractivity contribution in [3.63, 3.8) is 0 Å². The molecule has 0 amide bonds. The standard InChI is InChI=1S/C30H60N2O4/c1-5-7-9-11-13-17-22-35-30(36-23-18-14-12-10-8-6-2)20-16-15-19-29(33)34-24-21-32-26-27(3)31-25-28(32)4/h27-28,30-31H,5-26H2,1-4H3. The summed E-state index contributed by atoms with van der Waals surface area (Å²) in [6.07, 6.45) is 18.2. The first kappa shape index (κ1) is 33.3. The van der Waals surface area contributed by atoms with Crippen LogP contribution in [0.1, 0.15) is 130 Å². The Hall–Kier alpha value is -0.690. The van der Waals surface area contributed by atoms with Crippen molar-refractivity contribution in [1.82, 2.24) is 10.2 Å². The van der Waals surface area contributed by atoms with Gasteiger partial charge < -0.3 is 19.5 Å². The van der Waals surface area contributed by atoms with Gasteiger partial charge >= 0.3 is 5.97 Å². The molecule has 1 heterocycles. The van der Waals surface area contributed by atoms with E-state index in [9.17, 15) is 4.79 Å². The van der Waals surface area contributed by atoms with Gasteiger partial charge in [0.25, 0.3) is 0 Å². The molecule has 1 fully saturated rings. The zero-order valence-corrected chi connectivity index (χ0v) is 24.4. The fourth-order valence-electron chi connectivity index (χ4n) is 4.75. The van der Waals surface area contributed by atoms with Gasteiger partial charge in [-0.05, 0) is 46.0 Å². The molecule has 1 aliphatic rings. The van der Waals surface area contributed by atoms with Crippen LogP contribution in [0.4, 0.5) is 0 Å². The summed E-state index contributed by atoms with van der Waals surface area (Å²) in [4.78, 5) is 14.6. The maximum Gasteiger partial charge on any atom is 0.305 e. The number of rotatable bonds is 24. The molecule has 0 aromatic heterocycles. The number of hydrogen-bond donors (Lipinski definition) is 1. The second kappa shape index (κ2) is 23.4. The zero-order valence-electron chi connectivity index (χ0n) is 24.4. The van der Waals surface area contributed by atoms with E-state index in [1.54, 1.807) is 0 Å². The van der Waals surface area contributed by atoms with Crippen LogP contribution >= 0.6 is 0 Å². The van der Waals surface area contributed by atoms with Crippen molar-refractivity contribution >= 4 is 5.97 Å². The van der Waals surface area contributed by atoms with Crippen molar-refractivity contribution in [3.8, 4) is 0 Å². The average molecular weight is 513 g/mol. The molecule has 2 atom stereocenters. The van der Waals surface area contributed by atoms with Crippen molar-refractivity contribution in [2.75, 3.05) is 39.5 Å². The van der Waals surface area contributed by atoms with E-state index < -0.39 is 0 Å². The summed E-state index contributed by atoms with van der Waals surface area (Å²) in [5.41, 5.74) is 0. The van der Waals surface area contributed by atoms with Crippen LogP contribution < -0.4 is 5.32 Å².